The van der Waals surface area contributed by atoms with Gasteiger partial charge in [0.15, 0.2) is 0 Å². The van der Waals surface area contributed by atoms with Crippen LogP contribution in [0.2, 0.25) is 0 Å². The summed E-state index contributed by atoms with van der Waals surface area (Å²) in [5, 5.41) is 10.0. The number of aliphatic hydroxyl groups is 1. The van der Waals surface area contributed by atoms with Crippen LogP contribution in [0.5, 0.6) is 0 Å². The normalized spacial score (nSPS) is 27.8. The Morgan fingerprint density at radius 2 is 2.12 bits per heavy atom. The third-order valence-corrected chi connectivity index (χ3v) is 3.64. The fourth-order valence-corrected chi connectivity index (χ4v) is 2.31. The van der Waals surface area contributed by atoms with Gasteiger partial charge >= 0.3 is 5.97 Å². The summed E-state index contributed by atoms with van der Waals surface area (Å²) in [7, 11) is 0. The molecule has 0 aromatic rings. The van der Waals surface area contributed by atoms with Gasteiger partial charge in [-0.1, -0.05) is 13.8 Å². The van der Waals surface area contributed by atoms with Crippen molar-refractivity contribution in [2.45, 2.75) is 65.1 Å². The molecular formula is C13H24O3. The molecule has 0 aromatic carbocycles. The minimum Gasteiger partial charge on any atom is -0.462 e. The van der Waals surface area contributed by atoms with Crippen molar-refractivity contribution < 1.29 is 14.6 Å². The zero-order valence-corrected chi connectivity index (χ0v) is 10.8. The summed E-state index contributed by atoms with van der Waals surface area (Å²) in [4.78, 5) is 11.7. The lowest BCUT2D eigenvalue weighted by atomic mass is 9.88. The Kier molecular flexibility index (Phi) is 4.36. The third-order valence-electron chi connectivity index (χ3n) is 3.64. The highest BCUT2D eigenvalue weighted by Crippen LogP contribution is 2.36. The zero-order chi connectivity index (χ0) is 12.3. The molecule has 3 atom stereocenters. The highest BCUT2D eigenvalue weighted by Gasteiger charge is 2.40. The molecule has 0 aliphatic heterocycles. The number of rotatable bonds is 4. The average molecular weight is 228 g/mol. The molecule has 1 aliphatic carbocycles. The van der Waals surface area contributed by atoms with Gasteiger partial charge in [0.1, 0.15) is 6.10 Å². The van der Waals surface area contributed by atoms with Crippen molar-refractivity contribution in [1.29, 1.82) is 0 Å². The molecule has 1 saturated carbocycles. The second-order valence-corrected chi connectivity index (χ2v) is 5.48. The van der Waals surface area contributed by atoms with Crippen LogP contribution in [0.25, 0.3) is 0 Å². The van der Waals surface area contributed by atoms with Gasteiger partial charge in [-0.15, -0.1) is 0 Å². The van der Waals surface area contributed by atoms with E-state index < -0.39 is 5.60 Å². The van der Waals surface area contributed by atoms with Gasteiger partial charge in [0.25, 0.3) is 0 Å². The van der Waals surface area contributed by atoms with Gasteiger partial charge < -0.3 is 9.84 Å². The highest BCUT2D eigenvalue weighted by molar-refractivity contribution is 5.72. The van der Waals surface area contributed by atoms with Crippen LogP contribution in [0.1, 0.15) is 53.4 Å². The smallest absolute Gasteiger partial charge is 0.308 e. The van der Waals surface area contributed by atoms with Gasteiger partial charge in [-0.25, -0.2) is 0 Å². The topological polar surface area (TPSA) is 46.5 Å². The lowest BCUT2D eigenvalue weighted by Gasteiger charge is -2.31. The van der Waals surface area contributed by atoms with E-state index in [9.17, 15) is 9.90 Å². The van der Waals surface area contributed by atoms with E-state index in [4.69, 9.17) is 4.74 Å². The summed E-state index contributed by atoms with van der Waals surface area (Å²) in [5.41, 5.74) is -0.753. The van der Waals surface area contributed by atoms with Crippen molar-refractivity contribution in [1.82, 2.24) is 0 Å². The van der Waals surface area contributed by atoms with E-state index in [1.807, 2.05) is 13.8 Å². The van der Waals surface area contributed by atoms with Gasteiger partial charge in [0.2, 0.25) is 0 Å². The predicted molar refractivity (Wildman–Crippen MR) is 63.0 cm³/mol. The fraction of sp³-hybridized carbons (Fsp3) is 0.923. The SMILES string of the molecule is CCC(C)C(=O)OC1CCCC1C(C)(C)O. The van der Waals surface area contributed by atoms with Gasteiger partial charge in [-0.2, -0.15) is 0 Å². The van der Waals surface area contributed by atoms with Crippen molar-refractivity contribution in [3.8, 4) is 0 Å². The van der Waals surface area contributed by atoms with E-state index in [0.29, 0.717) is 0 Å². The molecule has 94 valence electrons. The van der Waals surface area contributed by atoms with Gasteiger partial charge in [-0.3, -0.25) is 4.79 Å². The Labute approximate surface area is 98.2 Å². The molecule has 0 saturated heterocycles. The second kappa shape index (κ2) is 5.17. The van der Waals surface area contributed by atoms with E-state index in [2.05, 4.69) is 0 Å². The molecule has 1 aliphatic rings. The van der Waals surface area contributed by atoms with Crippen molar-refractivity contribution in [3.63, 3.8) is 0 Å². The molecule has 0 aromatic heterocycles. The summed E-state index contributed by atoms with van der Waals surface area (Å²) in [6.07, 6.45) is 3.58. The molecule has 16 heavy (non-hydrogen) atoms. The van der Waals surface area contributed by atoms with Gasteiger partial charge in [-0.05, 0) is 39.5 Å². The lowest BCUT2D eigenvalue weighted by Crippen LogP contribution is -2.38. The minimum absolute atomic E-state index is 0.0388. The van der Waals surface area contributed by atoms with Crippen LogP contribution in [0.4, 0.5) is 0 Å². The quantitative estimate of drug-likeness (QED) is 0.752. The largest absolute Gasteiger partial charge is 0.462 e. The maximum atomic E-state index is 11.7. The number of hydrogen-bond acceptors (Lipinski definition) is 3. The Hall–Kier alpha value is -0.570. The second-order valence-electron chi connectivity index (χ2n) is 5.48. The molecule has 3 nitrogen and oxygen atoms in total. The summed E-state index contributed by atoms with van der Waals surface area (Å²) in [5.74, 6) is -0.0767. The van der Waals surface area contributed by atoms with Crippen LogP contribution in [-0.4, -0.2) is 22.8 Å². The molecule has 1 fully saturated rings. The summed E-state index contributed by atoms with van der Waals surface area (Å²) in [6.45, 7) is 7.46. The number of hydrogen-bond donors (Lipinski definition) is 1. The van der Waals surface area contributed by atoms with Crippen LogP contribution in [-0.2, 0) is 9.53 Å². The third kappa shape index (κ3) is 3.21. The first-order valence-electron chi connectivity index (χ1n) is 6.29. The number of carbonyl (C=O) groups excluding carboxylic acids is 1. The highest BCUT2D eigenvalue weighted by atomic mass is 16.5. The number of esters is 1. The molecular weight excluding hydrogens is 204 g/mol. The summed E-state index contributed by atoms with van der Waals surface area (Å²) in [6, 6.07) is 0. The first-order chi connectivity index (χ1) is 7.36. The molecule has 0 radical (unpaired) electrons. The standard InChI is InChI=1S/C13H24O3/c1-5-9(2)12(14)16-11-8-6-7-10(11)13(3,4)15/h9-11,15H,5-8H2,1-4H3. The molecule has 0 spiro atoms. The van der Waals surface area contributed by atoms with E-state index in [0.717, 1.165) is 25.7 Å². The van der Waals surface area contributed by atoms with Crippen molar-refractivity contribution in [3.05, 3.63) is 0 Å². The maximum Gasteiger partial charge on any atom is 0.308 e. The number of carbonyl (C=O) groups is 1. The first-order valence-corrected chi connectivity index (χ1v) is 6.29. The van der Waals surface area contributed by atoms with Gasteiger partial charge in [0.05, 0.1) is 11.5 Å². The van der Waals surface area contributed by atoms with Gasteiger partial charge in [0, 0.05) is 5.92 Å². The van der Waals surface area contributed by atoms with E-state index >= 15 is 0 Å². The number of ether oxygens (including phenoxy) is 1. The molecule has 0 bridgehead atoms. The Bertz CT molecular complexity index is 242. The Morgan fingerprint density at radius 1 is 1.50 bits per heavy atom. The van der Waals surface area contributed by atoms with Crippen LogP contribution in [0.3, 0.4) is 0 Å². The summed E-state index contributed by atoms with van der Waals surface area (Å²) >= 11 is 0. The Morgan fingerprint density at radius 3 is 2.62 bits per heavy atom. The van der Waals surface area contributed by atoms with Crippen LogP contribution >= 0.6 is 0 Å². The molecule has 1 N–H and O–H groups in total. The zero-order valence-electron chi connectivity index (χ0n) is 10.8. The monoisotopic (exact) mass is 228 g/mol. The molecule has 0 heterocycles. The van der Waals surface area contributed by atoms with Crippen molar-refractivity contribution in [2.24, 2.45) is 11.8 Å². The molecule has 3 unspecified atom stereocenters. The average Bonchev–Trinajstić information content (AvgIpc) is 2.63. The van der Waals surface area contributed by atoms with E-state index in [1.165, 1.54) is 0 Å². The maximum absolute atomic E-state index is 11.7. The van der Waals surface area contributed by atoms with E-state index in [1.54, 1.807) is 13.8 Å². The lowest BCUT2D eigenvalue weighted by molar-refractivity contribution is -0.159. The van der Waals surface area contributed by atoms with Crippen LogP contribution in [0, 0.1) is 11.8 Å². The predicted octanol–water partition coefficient (Wildman–Crippen LogP) is 2.52. The first kappa shape index (κ1) is 13.5. The minimum atomic E-state index is -0.753. The fourth-order valence-electron chi connectivity index (χ4n) is 2.31. The van der Waals surface area contributed by atoms with Crippen molar-refractivity contribution >= 4 is 5.97 Å². The van der Waals surface area contributed by atoms with E-state index in [-0.39, 0.29) is 23.9 Å². The molecule has 0 amide bonds. The van der Waals surface area contributed by atoms with Crippen molar-refractivity contribution in [2.75, 3.05) is 0 Å². The molecule has 3 heteroatoms. The Balaban J connectivity index is 2.57. The summed E-state index contributed by atoms with van der Waals surface area (Å²) < 4.78 is 5.50. The van der Waals surface area contributed by atoms with Crippen LogP contribution < -0.4 is 0 Å². The molecule has 1 rings (SSSR count). The van der Waals surface area contributed by atoms with Crippen LogP contribution in [0.15, 0.2) is 0 Å².